The number of carbonyl (C=O) groups is 2. The average Bonchev–Trinajstić information content (AvgIpc) is 2.65. The van der Waals surface area contributed by atoms with Crippen LogP contribution in [-0.4, -0.2) is 56.3 Å². The fourth-order valence-corrected chi connectivity index (χ4v) is 3.36. The largest absolute Gasteiger partial charge is 0.350 e. The summed E-state index contributed by atoms with van der Waals surface area (Å²) in [7, 11) is 3.25. The van der Waals surface area contributed by atoms with Crippen LogP contribution in [0.25, 0.3) is 0 Å². The van der Waals surface area contributed by atoms with Crippen molar-refractivity contribution in [1.82, 2.24) is 30.6 Å². The van der Waals surface area contributed by atoms with Crippen LogP contribution in [0.3, 0.4) is 0 Å². The lowest BCUT2D eigenvalue weighted by Crippen LogP contribution is -2.27. The maximum Gasteiger partial charge on any atom is 0.271 e. The van der Waals surface area contributed by atoms with Crippen molar-refractivity contribution < 1.29 is 9.59 Å². The molecule has 8 nitrogen and oxygen atoms in total. The molecule has 10 heteroatoms. The zero-order chi connectivity index (χ0) is 17.0. The first kappa shape index (κ1) is 18.1. The molecule has 2 aromatic heterocycles. The van der Waals surface area contributed by atoms with Gasteiger partial charge in [-0.15, -0.1) is 0 Å². The normalized spacial score (nSPS) is 10.2. The third-order valence-corrected chi connectivity index (χ3v) is 5.03. The molecule has 0 saturated carbocycles. The van der Waals surface area contributed by atoms with Crippen LogP contribution in [0.5, 0.6) is 0 Å². The van der Waals surface area contributed by atoms with Crippen LogP contribution in [0, 0.1) is 0 Å². The Kier molecular flexibility index (Phi) is 7.98. The Bertz CT molecular complexity index is 587. The number of hydrogen-bond acceptors (Lipinski definition) is 8. The molecule has 0 aliphatic carbocycles. The van der Waals surface area contributed by atoms with E-state index >= 15 is 0 Å². The van der Waals surface area contributed by atoms with E-state index < -0.39 is 0 Å². The zero-order valence-electron chi connectivity index (χ0n) is 12.7. The Hall–Kier alpha value is -2.20. The summed E-state index contributed by atoms with van der Waals surface area (Å²) in [5.74, 6) is 1.05. The first-order valence-electron chi connectivity index (χ1n) is 7.10. The minimum Gasteiger partial charge on any atom is -0.350 e. The lowest BCUT2D eigenvalue weighted by Gasteiger charge is -2.05. The Morgan fingerprint density at radius 2 is 1.25 bits per heavy atom. The van der Waals surface area contributed by atoms with Crippen molar-refractivity contribution in [3.8, 4) is 0 Å². The third kappa shape index (κ3) is 6.50. The van der Waals surface area contributed by atoms with E-state index in [4.69, 9.17) is 0 Å². The van der Waals surface area contributed by atoms with E-state index in [0.29, 0.717) is 24.5 Å². The summed E-state index contributed by atoms with van der Waals surface area (Å²) in [4.78, 5) is 38.9. The van der Waals surface area contributed by atoms with E-state index in [0.717, 1.165) is 11.5 Å². The van der Waals surface area contributed by atoms with Gasteiger partial charge in [0.05, 0.1) is 12.4 Å². The molecule has 0 fully saturated rings. The van der Waals surface area contributed by atoms with Crippen LogP contribution in [0.2, 0.25) is 0 Å². The van der Waals surface area contributed by atoms with Crippen molar-refractivity contribution in [3.63, 3.8) is 0 Å². The smallest absolute Gasteiger partial charge is 0.271 e. The monoisotopic (exact) mass is 364 g/mol. The molecule has 0 aliphatic rings. The number of rotatable bonds is 9. The molecule has 0 atom stereocenters. The van der Waals surface area contributed by atoms with Gasteiger partial charge in [-0.05, 0) is 0 Å². The van der Waals surface area contributed by atoms with Crippen molar-refractivity contribution in [2.24, 2.45) is 0 Å². The van der Waals surface area contributed by atoms with Crippen LogP contribution in [0.1, 0.15) is 21.0 Å². The number of nitrogens with zero attached hydrogens (tertiary/aromatic N) is 4. The fourth-order valence-electron chi connectivity index (χ4n) is 1.54. The van der Waals surface area contributed by atoms with Gasteiger partial charge < -0.3 is 10.6 Å². The first-order chi connectivity index (χ1) is 11.8. The van der Waals surface area contributed by atoms with Crippen LogP contribution < -0.4 is 10.6 Å². The summed E-state index contributed by atoms with van der Waals surface area (Å²) in [6.45, 7) is 1.08. The molecule has 0 radical (unpaired) electrons. The highest BCUT2D eigenvalue weighted by Crippen LogP contribution is 2.19. The second-order valence-corrected chi connectivity index (χ2v) is 7.04. The molecule has 2 amide bonds. The zero-order valence-corrected chi connectivity index (χ0v) is 14.3. The lowest BCUT2D eigenvalue weighted by molar-refractivity contribution is 0.0942. The molecule has 0 spiro atoms. The van der Waals surface area contributed by atoms with Gasteiger partial charge in [0.15, 0.2) is 0 Å². The summed E-state index contributed by atoms with van der Waals surface area (Å²) < 4.78 is 0. The summed E-state index contributed by atoms with van der Waals surface area (Å²) in [6, 6.07) is 0. The molecule has 2 N–H and O–H groups in total. The highest BCUT2D eigenvalue weighted by Gasteiger charge is 2.06. The molecule has 2 heterocycles. The molecule has 0 aromatic carbocycles. The molecular weight excluding hydrogens is 348 g/mol. The standard InChI is InChI=1S/C14H16N6O2S2/c21-13(11-9-15-1-3-17-11)19-5-7-23-24-8-6-20-14(22)12-10-16-2-4-18-12/h1-4,9-10H,5-8H2,(H,19,21)(H,20,22). The predicted octanol–water partition coefficient (Wildman–Crippen LogP) is 0.808. The minimum absolute atomic E-state index is 0.232. The Balaban J connectivity index is 1.48. The second kappa shape index (κ2) is 10.6. The number of aromatic nitrogens is 4. The van der Waals surface area contributed by atoms with Crippen LogP contribution >= 0.6 is 21.6 Å². The van der Waals surface area contributed by atoms with Gasteiger partial charge in [0.2, 0.25) is 0 Å². The van der Waals surface area contributed by atoms with E-state index in [1.807, 2.05) is 0 Å². The van der Waals surface area contributed by atoms with E-state index in [1.165, 1.54) is 37.2 Å². The van der Waals surface area contributed by atoms with Crippen LogP contribution in [-0.2, 0) is 0 Å². The minimum atomic E-state index is -0.232. The molecule has 2 aromatic rings. The van der Waals surface area contributed by atoms with Gasteiger partial charge in [-0.2, -0.15) is 0 Å². The van der Waals surface area contributed by atoms with Crippen molar-refractivity contribution in [2.45, 2.75) is 0 Å². The van der Waals surface area contributed by atoms with Crippen molar-refractivity contribution in [1.29, 1.82) is 0 Å². The summed E-state index contributed by atoms with van der Waals surface area (Å²) in [5, 5.41) is 5.54. The summed E-state index contributed by atoms with van der Waals surface area (Å²) >= 11 is 0. The van der Waals surface area contributed by atoms with E-state index in [9.17, 15) is 9.59 Å². The van der Waals surface area contributed by atoms with Crippen molar-refractivity contribution >= 4 is 33.4 Å². The van der Waals surface area contributed by atoms with Gasteiger partial charge in [-0.25, -0.2) is 9.97 Å². The van der Waals surface area contributed by atoms with Gasteiger partial charge in [-0.3, -0.25) is 19.6 Å². The van der Waals surface area contributed by atoms with Gasteiger partial charge in [-0.1, -0.05) is 21.6 Å². The highest BCUT2D eigenvalue weighted by molar-refractivity contribution is 8.76. The molecule has 0 aliphatic heterocycles. The number of amides is 2. The predicted molar refractivity (Wildman–Crippen MR) is 93.6 cm³/mol. The molecule has 0 saturated heterocycles. The number of carbonyl (C=O) groups excluding carboxylic acids is 2. The van der Waals surface area contributed by atoms with Gasteiger partial charge in [0.25, 0.3) is 11.8 Å². The fraction of sp³-hybridized carbons (Fsp3) is 0.286. The van der Waals surface area contributed by atoms with Crippen LogP contribution in [0.15, 0.2) is 37.2 Å². The molecule has 2 rings (SSSR count). The van der Waals surface area contributed by atoms with Gasteiger partial charge >= 0.3 is 0 Å². The van der Waals surface area contributed by atoms with E-state index in [-0.39, 0.29) is 11.8 Å². The highest BCUT2D eigenvalue weighted by atomic mass is 33.1. The molecule has 126 valence electrons. The van der Waals surface area contributed by atoms with Crippen molar-refractivity contribution in [3.05, 3.63) is 48.6 Å². The van der Waals surface area contributed by atoms with Crippen LogP contribution in [0.4, 0.5) is 0 Å². The van der Waals surface area contributed by atoms with Gasteiger partial charge in [0, 0.05) is 49.4 Å². The number of nitrogens with one attached hydrogen (secondary N) is 2. The Labute approximate surface area is 147 Å². The van der Waals surface area contributed by atoms with E-state index in [2.05, 4.69) is 30.6 Å². The molecular formula is C14H16N6O2S2. The second-order valence-electron chi connectivity index (χ2n) is 4.34. The average molecular weight is 364 g/mol. The number of hydrogen-bond donors (Lipinski definition) is 2. The van der Waals surface area contributed by atoms with Gasteiger partial charge in [0.1, 0.15) is 11.4 Å². The molecule has 0 bridgehead atoms. The molecule has 0 unspecified atom stereocenters. The SMILES string of the molecule is O=C(NCCSSCCNC(=O)c1cnccn1)c1cnccn1. The first-order valence-corrected chi connectivity index (χ1v) is 9.59. The Morgan fingerprint density at radius 3 is 1.62 bits per heavy atom. The maximum absolute atomic E-state index is 11.7. The lowest BCUT2D eigenvalue weighted by atomic mass is 10.4. The van der Waals surface area contributed by atoms with Crippen molar-refractivity contribution in [2.75, 3.05) is 24.6 Å². The topological polar surface area (TPSA) is 110 Å². The maximum atomic E-state index is 11.7. The van der Waals surface area contributed by atoms with E-state index in [1.54, 1.807) is 21.6 Å². The Morgan fingerprint density at radius 1 is 0.792 bits per heavy atom. The summed E-state index contributed by atoms with van der Waals surface area (Å²) in [5.41, 5.74) is 0.615. The molecule has 24 heavy (non-hydrogen) atoms. The third-order valence-electron chi connectivity index (χ3n) is 2.62. The summed E-state index contributed by atoms with van der Waals surface area (Å²) in [6.07, 6.45) is 8.86. The quantitative estimate of drug-likeness (QED) is 0.497.